The lowest BCUT2D eigenvalue weighted by molar-refractivity contribution is -0.137. The van der Waals surface area contributed by atoms with Gasteiger partial charge in [-0.3, -0.25) is 9.59 Å². The molecule has 4 N–H and O–H groups in total. The Kier molecular flexibility index (Phi) is 8.06. The number of rotatable bonds is 6. The number of carbonyl (C=O) groups excluding carboxylic acids is 2. The van der Waals surface area contributed by atoms with Gasteiger partial charge in [-0.05, 0) is 53.3 Å². The maximum absolute atomic E-state index is 15.5. The van der Waals surface area contributed by atoms with Crippen LogP contribution in [0.5, 0.6) is 5.75 Å². The first kappa shape index (κ1) is 31.5. The third-order valence-electron chi connectivity index (χ3n) is 7.64. The van der Waals surface area contributed by atoms with Gasteiger partial charge in [0.15, 0.2) is 11.6 Å². The lowest BCUT2D eigenvalue weighted by Crippen LogP contribution is -2.24. The molecule has 5 rings (SSSR count). The number of carbonyl (C=O) groups is 2. The van der Waals surface area contributed by atoms with Crippen molar-refractivity contribution in [2.45, 2.75) is 51.9 Å². The number of alkyl halides is 3. The number of fused-ring (bicyclic) bond motifs is 2. The molecule has 45 heavy (non-hydrogen) atoms. The molecule has 4 aromatic rings. The molecular weight excluding hydrogens is 597 g/mol. The Bertz CT molecular complexity index is 1830. The number of nitrogens with one attached hydrogen (secondary N) is 2. The summed E-state index contributed by atoms with van der Waals surface area (Å²) in [4.78, 5) is 25.4. The van der Waals surface area contributed by atoms with Crippen LogP contribution in [0.3, 0.4) is 0 Å². The highest BCUT2D eigenvalue weighted by Gasteiger charge is 2.33. The molecule has 0 saturated carbocycles. The molecule has 1 aliphatic rings. The number of halogens is 5. The fourth-order valence-corrected chi connectivity index (χ4v) is 5.16. The molecule has 0 fully saturated rings. The molecule has 1 aliphatic heterocycles. The van der Waals surface area contributed by atoms with E-state index in [1.54, 1.807) is 0 Å². The topological polar surface area (TPSA) is 111 Å². The standard InChI is InChI=1S/C32H30F5N5O3/c1-31(2,3)18-6-9-22-16(13-18)11-12-42-29(40-22)24(28(38)43)27(41-42)20-8-5-17(25(33)26(20)34)15-39-30(44)21-14-19(32(35,36)37)7-10-23(21)45-4/h5-10,13-14,40H,11-12,15H2,1-4H3,(H2,38,43)(H,39,44). The highest BCUT2D eigenvalue weighted by molar-refractivity contribution is 6.04. The van der Waals surface area contributed by atoms with Crippen molar-refractivity contribution in [1.82, 2.24) is 15.1 Å². The van der Waals surface area contributed by atoms with E-state index in [4.69, 9.17) is 10.5 Å². The van der Waals surface area contributed by atoms with Gasteiger partial charge in [-0.15, -0.1) is 0 Å². The van der Waals surface area contributed by atoms with E-state index >= 15 is 8.78 Å². The van der Waals surface area contributed by atoms with Gasteiger partial charge in [-0.25, -0.2) is 13.5 Å². The molecule has 0 radical (unpaired) electrons. The van der Waals surface area contributed by atoms with E-state index in [0.717, 1.165) is 28.9 Å². The number of hydrogen-bond donors (Lipinski definition) is 3. The third kappa shape index (κ3) is 6.06. The quantitative estimate of drug-likeness (QED) is 0.212. The predicted molar refractivity (Wildman–Crippen MR) is 157 cm³/mol. The molecule has 0 aliphatic carbocycles. The van der Waals surface area contributed by atoms with Crippen molar-refractivity contribution in [1.29, 1.82) is 0 Å². The number of amides is 2. The molecule has 0 saturated heterocycles. The van der Waals surface area contributed by atoms with Crippen molar-refractivity contribution in [2.24, 2.45) is 5.73 Å². The van der Waals surface area contributed by atoms with Gasteiger partial charge in [0.25, 0.3) is 11.8 Å². The minimum absolute atomic E-state index is 0.0813. The summed E-state index contributed by atoms with van der Waals surface area (Å²) in [6.45, 7) is 6.07. The van der Waals surface area contributed by atoms with Crippen LogP contribution in [0.1, 0.15) is 63.7 Å². The normalized spacial score (nSPS) is 12.9. The molecule has 0 spiro atoms. The second kappa shape index (κ2) is 11.5. The SMILES string of the molecule is COc1ccc(C(F)(F)F)cc1C(=O)NCc1ccc(-c2nn3c(c2C(N)=O)Nc2ccc(C(C)(C)C)cc2CC3)c(F)c1F. The van der Waals surface area contributed by atoms with Crippen LogP contribution in [-0.4, -0.2) is 28.7 Å². The van der Waals surface area contributed by atoms with E-state index in [1.165, 1.54) is 23.9 Å². The lowest BCUT2D eigenvalue weighted by atomic mass is 9.85. The van der Waals surface area contributed by atoms with Gasteiger partial charge in [-0.1, -0.05) is 39.0 Å². The number of benzene rings is 3. The van der Waals surface area contributed by atoms with Crippen LogP contribution in [0.15, 0.2) is 48.5 Å². The summed E-state index contributed by atoms with van der Waals surface area (Å²) >= 11 is 0. The Labute approximate surface area is 255 Å². The van der Waals surface area contributed by atoms with E-state index in [1.807, 2.05) is 12.1 Å². The van der Waals surface area contributed by atoms with Gasteiger partial charge in [-0.2, -0.15) is 18.3 Å². The zero-order valence-electron chi connectivity index (χ0n) is 24.8. The number of aromatic nitrogens is 2. The summed E-state index contributed by atoms with van der Waals surface area (Å²) in [6, 6.07) is 10.7. The largest absolute Gasteiger partial charge is 0.496 e. The van der Waals surface area contributed by atoms with E-state index < -0.39 is 47.3 Å². The number of nitrogens with two attached hydrogens (primary N) is 1. The summed E-state index contributed by atoms with van der Waals surface area (Å²) < 4.78 is 76.9. The average molecular weight is 628 g/mol. The Morgan fingerprint density at radius 2 is 1.73 bits per heavy atom. The van der Waals surface area contributed by atoms with Gasteiger partial charge >= 0.3 is 6.18 Å². The van der Waals surface area contributed by atoms with Crippen molar-refractivity contribution in [3.8, 4) is 17.0 Å². The zero-order chi connectivity index (χ0) is 32.8. The molecule has 2 heterocycles. The predicted octanol–water partition coefficient (Wildman–Crippen LogP) is 6.48. The Balaban J connectivity index is 1.44. The minimum atomic E-state index is -4.71. The first-order chi connectivity index (χ1) is 21.1. The maximum atomic E-state index is 15.5. The van der Waals surface area contributed by atoms with E-state index in [9.17, 15) is 22.8 Å². The van der Waals surface area contributed by atoms with Gasteiger partial charge in [0.2, 0.25) is 0 Å². The maximum Gasteiger partial charge on any atom is 0.416 e. The third-order valence-corrected chi connectivity index (χ3v) is 7.64. The molecule has 2 amide bonds. The number of nitrogens with zero attached hydrogens (tertiary/aromatic N) is 2. The van der Waals surface area contributed by atoms with E-state index in [2.05, 4.69) is 42.6 Å². The Hall–Kier alpha value is -4.94. The fourth-order valence-electron chi connectivity index (χ4n) is 5.16. The van der Waals surface area contributed by atoms with Crippen molar-refractivity contribution in [2.75, 3.05) is 12.4 Å². The van der Waals surface area contributed by atoms with E-state index in [-0.39, 0.29) is 39.4 Å². The number of ether oxygens (including phenoxy) is 1. The van der Waals surface area contributed by atoms with Crippen molar-refractivity contribution in [3.63, 3.8) is 0 Å². The van der Waals surface area contributed by atoms with Crippen molar-refractivity contribution < 1.29 is 36.3 Å². The first-order valence-corrected chi connectivity index (χ1v) is 13.9. The zero-order valence-corrected chi connectivity index (χ0v) is 24.8. The summed E-state index contributed by atoms with van der Waals surface area (Å²) in [5.41, 5.74) is 6.05. The Morgan fingerprint density at radius 1 is 1.02 bits per heavy atom. The number of hydrogen-bond acceptors (Lipinski definition) is 5. The van der Waals surface area contributed by atoms with Gasteiger partial charge in [0.05, 0.1) is 18.2 Å². The highest BCUT2D eigenvalue weighted by atomic mass is 19.4. The van der Waals surface area contributed by atoms with Crippen LogP contribution in [0.4, 0.5) is 33.5 Å². The molecule has 0 unspecified atom stereocenters. The summed E-state index contributed by atoms with van der Waals surface area (Å²) in [5, 5.41) is 9.91. The molecule has 8 nitrogen and oxygen atoms in total. The monoisotopic (exact) mass is 627 g/mol. The number of anilines is 2. The van der Waals surface area contributed by atoms with Crippen LogP contribution >= 0.6 is 0 Å². The number of primary amides is 1. The highest BCUT2D eigenvalue weighted by Crippen LogP contribution is 2.38. The molecule has 0 bridgehead atoms. The van der Waals surface area contributed by atoms with E-state index in [0.29, 0.717) is 19.0 Å². The number of aryl methyl sites for hydroxylation is 2. The summed E-state index contributed by atoms with van der Waals surface area (Å²) in [5.74, 6) is -4.46. The molecular formula is C32H30F5N5O3. The fraction of sp³-hybridized carbons (Fsp3) is 0.281. The second-order valence-corrected chi connectivity index (χ2v) is 11.7. The molecule has 0 atom stereocenters. The molecule has 1 aromatic heterocycles. The molecule has 3 aromatic carbocycles. The Morgan fingerprint density at radius 3 is 2.38 bits per heavy atom. The molecule has 236 valence electrons. The second-order valence-electron chi connectivity index (χ2n) is 11.7. The van der Waals surface area contributed by atoms with Crippen LogP contribution in [0.2, 0.25) is 0 Å². The molecule has 13 heteroatoms. The lowest BCUT2D eigenvalue weighted by Gasteiger charge is -2.21. The van der Waals surface area contributed by atoms with Crippen molar-refractivity contribution in [3.05, 3.63) is 93.5 Å². The van der Waals surface area contributed by atoms with Crippen LogP contribution in [0.25, 0.3) is 11.3 Å². The van der Waals surface area contributed by atoms with Crippen molar-refractivity contribution >= 4 is 23.3 Å². The summed E-state index contributed by atoms with van der Waals surface area (Å²) in [7, 11) is 1.18. The van der Waals surface area contributed by atoms with Crippen LogP contribution in [0, 0.1) is 11.6 Å². The summed E-state index contributed by atoms with van der Waals surface area (Å²) in [6.07, 6.45) is -4.17. The van der Waals surface area contributed by atoms with Gasteiger partial charge in [0.1, 0.15) is 22.8 Å². The van der Waals surface area contributed by atoms with Crippen LogP contribution in [-0.2, 0) is 31.1 Å². The first-order valence-electron chi connectivity index (χ1n) is 13.9. The van der Waals surface area contributed by atoms with Gasteiger partial charge in [0, 0.05) is 29.9 Å². The number of methoxy groups -OCH3 is 1. The smallest absolute Gasteiger partial charge is 0.416 e. The minimum Gasteiger partial charge on any atom is -0.496 e. The van der Waals surface area contributed by atoms with Gasteiger partial charge < -0.3 is 21.1 Å². The average Bonchev–Trinajstić information content (AvgIpc) is 3.23. The van der Waals surface area contributed by atoms with Crippen LogP contribution < -0.4 is 21.1 Å².